The number of hydrogen-bond acceptors (Lipinski definition) is 6. The van der Waals surface area contributed by atoms with Crippen LogP contribution in [-0.4, -0.2) is 48.9 Å². The number of carbonyl (C=O) groups is 2. The average molecular weight is 399 g/mol. The summed E-state index contributed by atoms with van der Waals surface area (Å²) in [5.74, 6) is 0.210. The van der Waals surface area contributed by atoms with E-state index in [9.17, 15) is 14.7 Å². The predicted octanol–water partition coefficient (Wildman–Crippen LogP) is 2.52. The van der Waals surface area contributed by atoms with E-state index in [1.807, 2.05) is 48.5 Å². The van der Waals surface area contributed by atoms with E-state index in [-0.39, 0.29) is 18.9 Å². The van der Waals surface area contributed by atoms with Gasteiger partial charge in [0.1, 0.15) is 11.5 Å². The number of amides is 1. The molecule has 7 heteroatoms. The molecule has 0 saturated carbocycles. The first kappa shape index (κ1) is 20.7. The van der Waals surface area contributed by atoms with Gasteiger partial charge in [0.05, 0.1) is 26.2 Å². The SMILES string of the molecule is COc1ccc(C(c2ccc(OC)cc2)N2C(=O)C(CCO)C2OC(C)=O)cc1. The van der Waals surface area contributed by atoms with Crippen molar-refractivity contribution in [2.24, 2.45) is 5.92 Å². The van der Waals surface area contributed by atoms with Crippen molar-refractivity contribution in [3.8, 4) is 11.5 Å². The molecule has 1 fully saturated rings. The van der Waals surface area contributed by atoms with Crippen molar-refractivity contribution in [3.05, 3.63) is 59.7 Å². The second-order valence-corrected chi connectivity index (χ2v) is 6.81. The van der Waals surface area contributed by atoms with E-state index in [1.165, 1.54) is 6.92 Å². The van der Waals surface area contributed by atoms with Crippen LogP contribution in [0.15, 0.2) is 48.5 Å². The van der Waals surface area contributed by atoms with Gasteiger partial charge in [0, 0.05) is 13.5 Å². The minimum absolute atomic E-state index is 0.155. The van der Waals surface area contributed by atoms with Crippen LogP contribution in [0.4, 0.5) is 0 Å². The number of esters is 1. The molecule has 7 nitrogen and oxygen atoms in total. The normalized spacial score (nSPS) is 18.4. The Morgan fingerprint density at radius 2 is 1.48 bits per heavy atom. The van der Waals surface area contributed by atoms with Gasteiger partial charge in [0.15, 0.2) is 6.23 Å². The fourth-order valence-electron chi connectivity index (χ4n) is 3.62. The summed E-state index contributed by atoms with van der Waals surface area (Å²) in [6, 6.07) is 14.3. The van der Waals surface area contributed by atoms with Crippen molar-refractivity contribution in [2.45, 2.75) is 25.6 Å². The fraction of sp³-hybridized carbons (Fsp3) is 0.364. The lowest BCUT2D eigenvalue weighted by Gasteiger charge is -2.49. The Morgan fingerprint density at radius 3 is 1.86 bits per heavy atom. The quantitative estimate of drug-likeness (QED) is 0.542. The molecule has 29 heavy (non-hydrogen) atoms. The van der Waals surface area contributed by atoms with Crippen LogP contribution >= 0.6 is 0 Å². The number of carbonyl (C=O) groups excluding carboxylic acids is 2. The van der Waals surface area contributed by atoms with E-state index >= 15 is 0 Å². The molecule has 0 radical (unpaired) electrons. The summed E-state index contributed by atoms with van der Waals surface area (Å²) in [5, 5.41) is 9.31. The van der Waals surface area contributed by atoms with Crippen molar-refractivity contribution >= 4 is 11.9 Å². The second kappa shape index (κ2) is 8.96. The highest BCUT2D eigenvalue weighted by Crippen LogP contribution is 2.42. The Kier molecular flexibility index (Phi) is 6.39. The van der Waals surface area contributed by atoms with E-state index < -0.39 is 24.2 Å². The molecule has 3 rings (SSSR count). The maximum atomic E-state index is 13.0. The van der Waals surface area contributed by atoms with Gasteiger partial charge >= 0.3 is 5.97 Å². The van der Waals surface area contributed by atoms with Gasteiger partial charge in [-0.1, -0.05) is 24.3 Å². The minimum Gasteiger partial charge on any atom is -0.497 e. The number of ether oxygens (including phenoxy) is 3. The van der Waals surface area contributed by atoms with Crippen molar-refractivity contribution in [1.29, 1.82) is 0 Å². The zero-order chi connectivity index (χ0) is 21.0. The number of aliphatic hydroxyl groups is 1. The summed E-state index contributed by atoms with van der Waals surface area (Å²) >= 11 is 0. The zero-order valence-corrected chi connectivity index (χ0v) is 16.7. The molecule has 2 aromatic rings. The molecule has 1 N–H and O–H groups in total. The van der Waals surface area contributed by atoms with Crippen LogP contribution in [0, 0.1) is 5.92 Å². The van der Waals surface area contributed by atoms with E-state index in [0.717, 1.165) is 11.1 Å². The molecule has 0 spiro atoms. The summed E-state index contributed by atoms with van der Waals surface area (Å²) in [5.41, 5.74) is 1.70. The Morgan fingerprint density at radius 1 is 1.00 bits per heavy atom. The number of methoxy groups -OCH3 is 2. The number of likely N-dealkylation sites (tertiary alicyclic amines) is 1. The number of hydrogen-bond donors (Lipinski definition) is 1. The molecular formula is C22H25NO6. The van der Waals surface area contributed by atoms with Gasteiger partial charge in [-0.2, -0.15) is 0 Å². The maximum absolute atomic E-state index is 13.0. The number of nitrogens with zero attached hydrogens (tertiary/aromatic N) is 1. The predicted molar refractivity (Wildman–Crippen MR) is 105 cm³/mol. The molecular weight excluding hydrogens is 374 g/mol. The molecule has 1 saturated heterocycles. The summed E-state index contributed by atoms with van der Waals surface area (Å²) in [7, 11) is 3.18. The van der Waals surface area contributed by atoms with Crippen molar-refractivity contribution in [2.75, 3.05) is 20.8 Å². The van der Waals surface area contributed by atoms with Gasteiger partial charge < -0.3 is 19.3 Å². The standard InChI is InChI=1S/C22H25NO6/c1-14(25)29-22-19(12-13-24)21(26)23(22)20(15-4-8-17(27-2)9-5-15)16-6-10-18(28-3)11-7-16/h4-11,19-20,22,24H,12-13H2,1-3H3. The number of β-lactam (4-membered cyclic amide) rings is 1. The third kappa shape index (κ3) is 4.19. The lowest BCUT2D eigenvalue weighted by Crippen LogP contribution is -2.63. The van der Waals surface area contributed by atoms with E-state index in [0.29, 0.717) is 11.5 Å². The van der Waals surface area contributed by atoms with Crippen LogP contribution in [-0.2, 0) is 14.3 Å². The fourth-order valence-corrected chi connectivity index (χ4v) is 3.62. The van der Waals surface area contributed by atoms with Crippen molar-refractivity contribution in [1.82, 2.24) is 4.90 Å². The molecule has 1 aliphatic heterocycles. The first-order valence-electron chi connectivity index (χ1n) is 9.38. The molecule has 154 valence electrons. The lowest BCUT2D eigenvalue weighted by atomic mass is 9.86. The first-order chi connectivity index (χ1) is 14.0. The molecule has 1 amide bonds. The monoisotopic (exact) mass is 399 g/mol. The van der Waals surface area contributed by atoms with Crippen LogP contribution in [0.1, 0.15) is 30.5 Å². The van der Waals surface area contributed by atoms with Crippen LogP contribution in [0.25, 0.3) is 0 Å². The highest BCUT2D eigenvalue weighted by atomic mass is 16.6. The number of benzene rings is 2. The Bertz CT molecular complexity index is 801. The van der Waals surface area contributed by atoms with Gasteiger partial charge in [0.2, 0.25) is 5.91 Å². The van der Waals surface area contributed by atoms with Crippen LogP contribution < -0.4 is 9.47 Å². The zero-order valence-electron chi connectivity index (χ0n) is 16.7. The number of rotatable bonds is 8. The summed E-state index contributed by atoms with van der Waals surface area (Å²) in [6.45, 7) is 1.16. The average Bonchev–Trinajstić information content (AvgIpc) is 2.75. The molecule has 2 unspecified atom stereocenters. The van der Waals surface area contributed by atoms with E-state index in [4.69, 9.17) is 14.2 Å². The largest absolute Gasteiger partial charge is 0.497 e. The topological polar surface area (TPSA) is 85.3 Å². The molecule has 2 aromatic carbocycles. The third-order valence-electron chi connectivity index (χ3n) is 5.06. The van der Waals surface area contributed by atoms with Gasteiger partial charge in [-0.3, -0.25) is 14.5 Å². The van der Waals surface area contributed by atoms with E-state index in [1.54, 1.807) is 19.1 Å². The molecule has 1 heterocycles. The number of aliphatic hydroxyl groups excluding tert-OH is 1. The van der Waals surface area contributed by atoms with Crippen LogP contribution in [0.3, 0.4) is 0 Å². The second-order valence-electron chi connectivity index (χ2n) is 6.81. The Hall–Kier alpha value is -3.06. The molecule has 1 aliphatic rings. The van der Waals surface area contributed by atoms with Gasteiger partial charge in [0.25, 0.3) is 0 Å². The smallest absolute Gasteiger partial charge is 0.304 e. The molecule has 0 bridgehead atoms. The molecule has 0 aromatic heterocycles. The highest BCUT2D eigenvalue weighted by molar-refractivity contribution is 5.87. The van der Waals surface area contributed by atoms with Crippen LogP contribution in [0.2, 0.25) is 0 Å². The minimum atomic E-state index is -0.735. The third-order valence-corrected chi connectivity index (χ3v) is 5.06. The summed E-state index contributed by atoms with van der Waals surface area (Å²) in [4.78, 5) is 26.2. The Balaban J connectivity index is 2.02. The first-order valence-corrected chi connectivity index (χ1v) is 9.38. The van der Waals surface area contributed by atoms with Gasteiger partial charge in [-0.05, 0) is 41.8 Å². The van der Waals surface area contributed by atoms with Crippen molar-refractivity contribution < 1.29 is 28.9 Å². The summed E-state index contributed by atoms with van der Waals surface area (Å²) in [6.07, 6.45) is -0.494. The lowest BCUT2D eigenvalue weighted by molar-refractivity contribution is -0.203. The van der Waals surface area contributed by atoms with E-state index in [2.05, 4.69) is 0 Å². The molecule has 0 aliphatic carbocycles. The van der Waals surface area contributed by atoms with Gasteiger partial charge in [-0.25, -0.2) is 0 Å². The highest BCUT2D eigenvalue weighted by Gasteiger charge is 2.52. The molecule has 2 atom stereocenters. The maximum Gasteiger partial charge on any atom is 0.304 e. The van der Waals surface area contributed by atoms with Crippen LogP contribution in [0.5, 0.6) is 11.5 Å². The summed E-state index contributed by atoms with van der Waals surface area (Å²) < 4.78 is 15.9. The van der Waals surface area contributed by atoms with Gasteiger partial charge in [-0.15, -0.1) is 0 Å². The Labute approximate surface area is 169 Å². The van der Waals surface area contributed by atoms with Crippen molar-refractivity contribution in [3.63, 3.8) is 0 Å².